The highest BCUT2D eigenvalue weighted by molar-refractivity contribution is 4.86. The van der Waals surface area contributed by atoms with Gasteiger partial charge in [-0.25, -0.2) is 0 Å². The highest BCUT2D eigenvalue weighted by Crippen LogP contribution is 2.26. The molecule has 1 N–H and O–H groups in total. The van der Waals surface area contributed by atoms with Gasteiger partial charge in [-0.2, -0.15) is 5.26 Å². The van der Waals surface area contributed by atoms with Crippen molar-refractivity contribution in [3.63, 3.8) is 0 Å². The monoisotopic (exact) mass is 182 g/mol. The second kappa shape index (κ2) is 5.95. The van der Waals surface area contributed by atoms with Crippen molar-refractivity contribution < 1.29 is 5.11 Å². The molecule has 3 nitrogen and oxygen atoms in total. The van der Waals surface area contributed by atoms with Crippen LogP contribution in [0, 0.1) is 11.3 Å². The second-order valence-electron chi connectivity index (χ2n) is 3.61. The van der Waals surface area contributed by atoms with Gasteiger partial charge in [-0.3, -0.25) is 4.90 Å². The van der Waals surface area contributed by atoms with E-state index in [2.05, 4.69) is 11.0 Å². The summed E-state index contributed by atoms with van der Waals surface area (Å²) in [5.41, 5.74) is 0. The summed E-state index contributed by atoms with van der Waals surface area (Å²) in [6.45, 7) is 2.25. The smallest absolute Gasteiger partial charge is 0.0635 e. The van der Waals surface area contributed by atoms with Gasteiger partial charge in [0.1, 0.15) is 0 Å². The number of rotatable bonds is 7. The Kier molecular flexibility index (Phi) is 4.81. The summed E-state index contributed by atoms with van der Waals surface area (Å²) in [5, 5.41) is 17.1. The molecule has 0 spiro atoms. The molecule has 0 radical (unpaired) electrons. The molecule has 0 bridgehead atoms. The fourth-order valence-corrected chi connectivity index (χ4v) is 1.54. The minimum absolute atomic E-state index is 0.288. The molecule has 0 saturated heterocycles. The SMILES string of the molecule is N#CCCN(CCCCO)C1CC1. The molecule has 0 unspecified atom stereocenters. The van der Waals surface area contributed by atoms with E-state index in [0.29, 0.717) is 6.42 Å². The number of nitrogens with zero attached hydrogens (tertiary/aromatic N) is 2. The summed E-state index contributed by atoms with van der Waals surface area (Å²) in [6.07, 6.45) is 5.17. The van der Waals surface area contributed by atoms with Crippen molar-refractivity contribution in [1.82, 2.24) is 4.90 Å². The lowest BCUT2D eigenvalue weighted by molar-refractivity contribution is 0.238. The Morgan fingerprint density at radius 1 is 1.31 bits per heavy atom. The highest BCUT2D eigenvalue weighted by Gasteiger charge is 2.27. The molecule has 1 rings (SSSR count). The predicted molar refractivity (Wildman–Crippen MR) is 51.1 cm³/mol. The van der Waals surface area contributed by atoms with E-state index < -0.39 is 0 Å². The van der Waals surface area contributed by atoms with Gasteiger partial charge >= 0.3 is 0 Å². The lowest BCUT2D eigenvalue weighted by Crippen LogP contribution is -2.28. The second-order valence-corrected chi connectivity index (χ2v) is 3.61. The van der Waals surface area contributed by atoms with Crippen LogP contribution in [0.4, 0.5) is 0 Å². The van der Waals surface area contributed by atoms with E-state index >= 15 is 0 Å². The number of aliphatic hydroxyl groups excluding tert-OH is 1. The maximum Gasteiger partial charge on any atom is 0.0635 e. The van der Waals surface area contributed by atoms with Gasteiger partial charge in [-0.15, -0.1) is 0 Å². The van der Waals surface area contributed by atoms with E-state index in [1.807, 2.05) is 0 Å². The molecule has 0 heterocycles. The molecule has 74 valence electrons. The molecular formula is C10H18N2O. The molecule has 0 aromatic heterocycles. The highest BCUT2D eigenvalue weighted by atomic mass is 16.2. The third kappa shape index (κ3) is 4.25. The Hall–Kier alpha value is -0.590. The van der Waals surface area contributed by atoms with E-state index in [0.717, 1.165) is 32.0 Å². The van der Waals surface area contributed by atoms with E-state index in [-0.39, 0.29) is 6.61 Å². The Morgan fingerprint density at radius 2 is 2.08 bits per heavy atom. The van der Waals surface area contributed by atoms with Crippen molar-refractivity contribution in [3.8, 4) is 6.07 Å². The number of hydrogen-bond donors (Lipinski definition) is 1. The van der Waals surface area contributed by atoms with Crippen LogP contribution in [0.25, 0.3) is 0 Å². The van der Waals surface area contributed by atoms with Gasteiger partial charge in [0.15, 0.2) is 0 Å². The molecule has 3 heteroatoms. The van der Waals surface area contributed by atoms with Crippen LogP contribution in [0.5, 0.6) is 0 Å². The molecule has 0 aromatic carbocycles. The van der Waals surface area contributed by atoms with E-state index in [1.54, 1.807) is 0 Å². The molecule has 0 amide bonds. The van der Waals surface area contributed by atoms with Crippen molar-refractivity contribution in [1.29, 1.82) is 5.26 Å². The minimum Gasteiger partial charge on any atom is -0.396 e. The summed E-state index contributed by atoms with van der Waals surface area (Å²) in [4.78, 5) is 2.39. The van der Waals surface area contributed by atoms with Crippen LogP contribution >= 0.6 is 0 Å². The summed E-state index contributed by atoms with van der Waals surface area (Å²) >= 11 is 0. The van der Waals surface area contributed by atoms with Gasteiger partial charge in [0.25, 0.3) is 0 Å². The maximum absolute atomic E-state index is 8.64. The third-order valence-corrected chi connectivity index (χ3v) is 2.43. The van der Waals surface area contributed by atoms with Crippen LogP contribution < -0.4 is 0 Å². The Bertz CT molecular complexity index is 172. The summed E-state index contributed by atoms with van der Waals surface area (Å²) in [7, 11) is 0. The largest absolute Gasteiger partial charge is 0.396 e. The number of nitriles is 1. The van der Waals surface area contributed by atoms with Crippen LogP contribution in [-0.2, 0) is 0 Å². The van der Waals surface area contributed by atoms with Crippen molar-refractivity contribution in [2.24, 2.45) is 0 Å². The first-order chi connectivity index (χ1) is 6.38. The third-order valence-electron chi connectivity index (χ3n) is 2.43. The molecule has 0 aromatic rings. The fraction of sp³-hybridized carbons (Fsp3) is 0.900. The van der Waals surface area contributed by atoms with Crippen LogP contribution in [0.1, 0.15) is 32.1 Å². The average molecular weight is 182 g/mol. The van der Waals surface area contributed by atoms with Gasteiger partial charge in [0.2, 0.25) is 0 Å². The summed E-state index contributed by atoms with van der Waals surface area (Å²) < 4.78 is 0. The zero-order valence-electron chi connectivity index (χ0n) is 8.08. The van der Waals surface area contributed by atoms with Gasteiger partial charge in [0.05, 0.1) is 6.07 Å². The van der Waals surface area contributed by atoms with Gasteiger partial charge < -0.3 is 5.11 Å². The number of unbranched alkanes of at least 4 members (excludes halogenated alkanes) is 1. The van der Waals surface area contributed by atoms with Crippen LogP contribution in [0.3, 0.4) is 0 Å². The van der Waals surface area contributed by atoms with Crippen LogP contribution in [0.15, 0.2) is 0 Å². The molecule has 0 atom stereocenters. The lowest BCUT2D eigenvalue weighted by atomic mass is 10.3. The van der Waals surface area contributed by atoms with Gasteiger partial charge in [-0.05, 0) is 32.2 Å². The zero-order valence-corrected chi connectivity index (χ0v) is 8.08. The van der Waals surface area contributed by atoms with Crippen molar-refractivity contribution in [2.45, 2.75) is 38.1 Å². The first-order valence-electron chi connectivity index (χ1n) is 5.10. The van der Waals surface area contributed by atoms with Gasteiger partial charge in [0, 0.05) is 25.6 Å². The van der Waals surface area contributed by atoms with Crippen LogP contribution in [-0.4, -0.2) is 35.7 Å². The number of hydrogen-bond acceptors (Lipinski definition) is 3. The van der Waals surface area contributed by atoms with Crippen LogP contribution in [0.2, 0.25) is 0 Å². The van der Waals surface area contributed by atoms with E-state index in [4.69, 9.17) is 10.4 Å². The Morgan fingerprint density at radius 3 is 2.62 bits per heavy atom. The molecule has 13 heavy (non-hydrogen) atoms. The molecule has 1 saturated carbocycles. The summed E-state index contributed by atoms with van der Waals surface area (Å²) in [6, 6.07) is 2.92. The average Bonchev–Trinajstić information content (AvgIpc) is 2.94. The number of aliphatic hydroxyl groups is 1. The van der Waals surface area contributed by atoms with E-state index in [1.165, 1.54) is 12.8 Å². The van der Waals surface area contributed by atoms with Gasteiger partial charge in [-0.1, -0.05) is 0 Å². The predicted octanol–water partition coefficient (Wildman–Crippen LogP) is 1.14. The quantitative estimate of drug-likeness (QED) is 0.600. The minimum atomic E-state index is 0.288. The maximum atomic E-state index is 8.64. The molecule has 1 aliphatic carbocycles. The molecular weight excluding hydrogens is 164 g/mol. The Balaban J connectivity index is 2.10. The fourth-order valence-electron chi connectivity index (χ4n) is 1.54. The first-order valence-corrected chi connectivity index (χ1v) is 5.10. The molecule has 1 fully saturated rings. The summed E-state index contributed by atoms with van der Waals surface area (Å²) in [5.74, 6) is 0. The van der Waals surface area contributed by atoms with E-state index in [9.17, 15) is 0 Å². The standard InChI is InChI=1S/C10H18N2O/c11-6-3-8-12(10-4-5-10)7-1-2-9-13/h10,13H,1-5,7-9H2. The van der Waals surface area contributed by atoms with Crippen molar-refractivity contribution in [3.05, 3.63) is 0 Å². The zero-order chi connectivity index (χ0) is 9.52. The molecule has 1 aliphatic rings. The lowest BCUT2D eigenvalue weighted by Gasteiger charge is -2.19. The Labute approximate surface area is 80.0 Å². The van der Waals surface area contributed by atoms with Crippen molar-refractivity contribution >= 4 is 0 Å². The van der Waals surface area contributed by atoms with Crippen molar-refractivity contribution in [2.75, 3.05) is 19.7 Å². The topological polar surface area (TPSA) is 47.3 Å². The normalized spacial score (nSPS) is 16.1. The molecule has 0 aliphatic heterocycles. The first kappa shape index (κ1) is 10.5.